The Bertz CT molecular complexity index is 465. The van der Waals surface area contributed by atoms with Gasteiger partial charge in [0.05, 0.1) is 18.7 Å². The first kappa shape index (κ1) is 16.8. The molecule has 0 bridgehead atoms. The molecule has 0 radical (unpaired) electrons. The fourth-order valence-electron chi connectivity index (χ4n) is 1.65. The topological polar surface area (TPSA) is 56.8 Å². The summed E-state index contributed by atoms with van der Waals surface area (Å²) in [6.45, 7) is 5.29. The minimum Gasteiger partial charge on any atom is -0.493 e. The molecular weight excluding hydrogens is 326 g/mol. The molecule has 1 unspecified atom stereocenters. The molecule has 0 aliphatic heterocycles. The number of ether oxygens (including phenoxy) is 3. The molecule has 6 heteroatoms. The van der Waals surface area contributed by atoms with E-state index in [4.69, 9.17) is 9.47 Å². The molecular formula is C14H20BrNO4. The Balaban J connectivity index is 2.98. The molecule has 0 saturated carbocycles. The van der Waals surface area contributed by atoms with Gasteiger partial charge in [0.1, 0.15) is 0 Å². The molecule has 1 aromatic rings. The van der Waals surface area contributed by atoms with Crippen LogP contribution in [0.3, 0.4) is 0 Å². The van der Waals surface area contributed by atoms with Crippen LogP contribution in [-0.2, 0) is 16.1 Å². The summed E-state index contributed by atoms with van der Waals surface area (Å²) >= 11 is 3.45. The Labute approximate surface area is 127 Å². The van der Waals surface area contributed by atoms with Crippen LogP contribution in [0.2, 0.25) is 0 Å². The molecule has 1 aromatic carbocycles. The van der Waals surface area contributed by atoms with E-state index in [9.17, 15) is 4.79 Å². The molecule has 20 heavy (non-hydrogen) atoms. The lowest BCUT2D eigenvalue weighted by Crippen LogP contribution is -2.25. The second kappa shape index (κ2) is 8.11. The lowest BCUT2D eigenvalue weighted by atomic mass is 10.2. The van der Waals surface area contributed by atoms with E-state index >= 15 is 0 Å². The van der Waals surface area contributed by atoms with Crippen LogP contribution in [-0.4, -0.2) is 32.8 Å². The SMILES string of the molecule is CCNCc1cc(Br)c(OC(C)C(=O)OC)c(OC)c1. The highest BCUT2D eigenvalue weighted by molar-refractivity contribution is 9.10. The van der Waals surface area contributed by atoms with E-state index in [1.54, 1.807) is 14.0 Å². The minimum atomic E-state index is -0.704. The first-order valence-corrected chi connectivity index (χ1v) is 7.14. The van der Waals surface area contributed by atoms with Crippen molar-refractivity contribution in [3.63, 3.8) is 0 Å². The van der Waals surface area contributed by atoms with Crippen molar-refractivity contribution in [2.45, 2.75) is 26.5 Å². The van der Waals surface area contributed by atoms with E-state index in [0.717, 1.165) is 23.1 Å². The van der Waals surface area contributed by atoms with Gasteiger partial charge in [-0.2, -0.15) is 0 Å². The normalized spacial score (nSPS) is 11.8. The molecule has 0 amide bonds. The number of carbonyl (C=O) groups is 1. The van der Waals surface area contributed by atoms with Crippen molar-refractivity contribution in [2.24, 2.45) is 0 Å². The van der Waals surface area contributed by atoms with E-state index in [1.807, 2.05) is 19.1 Å². The number of halogens is 1. The minimum absolute atomic E-state index is 0.435. The average Bonchev–Trinajstić information content (AvgIpc) is 2.46. The molecule has 0 aromatic heterocycles. The maximum absolute atomic E-state index is 11.4. The molecule has 1 rings (SSSR count). The summed E-state index contributed by atoms with van der Waals surface area (Å²) in [5.74, 6) is 0.629. The number of hydrogen-bond acceptors (Lipinski definition) is 5. The van der Waals surface area contributed by atoms with Crippen molar-refractivity contribution in [3.05, 3.63) is 22.2 Å². The van der Waals surface area contributed by atoms with Gasteiger partial charge in [0.25, 0.3) is 0 Å². The maximum atomic E-state index is 11.4. The van der Waals surface area contributed by atoms with Crippen LogP contribution >= 0.6 is 15.9 Å². The summed E-state index contributed by atoms with van der Waals surface area (Å²) in [4.78, 5) is 11.4. The maximum Gasteiger partial charge on any atom is 0.346 e. The summed E-state index contributed by atoms with van der Waals surface area (Å²) in [6.07, 6.45) is -0.704. The second-order valence-corrected chi connectivity index (χ2v) is 5.03. The fourth-order valence-corrected chi connectivity index (χ4v) is 2.23. The van der Waals surface area contributed by atoms with Crippen LogP contribution in [0, 0.1) is 0 Å². The van der Waals surface area contributed by atoms with Crippen LogP contribution in [0.5, 0.6) is 11.5 Å². The number of benzene rings is 1. The molecule has 1 N–H and O–H groups in total. The molecule has 0 aliphatic carbocycles. The van der Waals surface area contributed by atoms with Crippen LogP contribution < -0.4 is 14.8 Å². The van der Waals surface area contributed by atoms with E-state index in [2.05, 4.69) is 26.0 Å². The van der Waals surface area contributed by atoms with Gasteiger partial charge in [-0.1, -0.05) is 6.92 Å². The molecule has 112 valence electrons. The Morgan fingerprint density at radius 3 is 2.65 bits per heavy atom. The van der Waals surface area contributed by atoms with Gasteiger partial charge in [-0.15, -0.1) is 0 Å². The van der Waals surface area contributed by atoms with Crippen LogP contribution in [0.15, 0.2) is 16.6 Å². The monoisotopic (exact) mass is 345 g/mol. The highest BCUT2D eigenvalue weighted by Crippen LogP contribution is 2.37. The van der Waals surface area contributed by atoms with Crippen LogP contribution in [0.25, 0.3) is 0 Å². The van der Waals surface area contributed by atoms with Gasteiger partial charge in [0, 0.05) is 6.54 Å². The number of carbonyl (C=O) groups excluding carboxylic acids is 1. The van der Waals surface area contributed by atoms with E-state index in [0.29, 0.717) is 11.5 Å². The third-order valence-electron chi connectivity index (χ3n) is 2.70. The van der Waals surface area contributed by atoms with Gasteiger partial charge in [-0.3, -0.25) is 0 Å². The first-order chi connectivity index (χ1) is 9.53. The van der Waals surface area contributed by atoms with E-state index < -0.39 is 12.1 Å². The number of rotatable bonds is 7. The van der Waals surface area contributed by atoms with E-state index in [1.165, 1.54) is 7.11 Å². The lowest BCUT2D eigenvalue weighted by molar-refractivity contribution is -0.147. The first-order valence-electron chi connectivity index (χ1n) is 6.35. The van der Waals surface area contributed by atoms with Crippen molar-refractivity contribution in [1.82, 2.24) is 5.32 Å². The number of methoxy groups -OCH3 is 2. The summed E-state index contributed by atoms with van der Waals surface area (Å²) in [5, 5.41) is 3.24. The zero-order valence-corrected chi connectivity index (χ0v) is 13.7. The predicted octanol–water partition coefficient (Wildman–Crippen LogP) is 2.51. The van der Waals surface area contributed by atoms with E-state index in [-0.39, 0.29) is 0 Å². The predicted molar refractivity (Wildman–Crippen MR) is 80.2 cm³/mol. The van der Waals surface area contributed by atoms with Gasteiger partial charge in [-0.25, -0.2) is 4.79 Å². The second-order valence-electron chi connectivity index (χ2n) is 4.17. The Morgan fingerprint density at radius 2 is 2.10 bits per heavy atom. The number of nitrogens with one attached hydrogen (secondary N) is 1. The molecule has 1 atom stereocenters. The molecule has 0 spiro atoms. The average molecular weight is 346 g/mol. The van der Waals surface area contributed by atoms with Crippen molar-refractivity contribution < 1.29 is 19.0 Å². The van der Waals surface area contributed by atoms with Gasteiger partial charge >= 0.3 is 5.97 Å². The summed E-state index contributed by atoms with van der Waals surface area (Å²) in [5.41, 5.74) is 1.06. The van der Waals surface area contributed by atoms with Gasteiger partial charge < -0.3 is 19.5 Å². The fraction of sp³-hybridized carbons (Fsp3) is 0.500. The molecule has 5 nitrogen and oxygen atoms in total. The third kappa shape index (κ3) is 4.38. The molecule has 0 aliphatic rings. The van der Waals surface area contributed by atoms with Crippen molar-refractivity contribution in [2.75, 3.05) is 20.8 Å². The highest BCUT2D eigenvalue weighted by Gasteiger charge is 2.20. The molecule has 0 saturated heterocycles. The smallest absolute Gasteiger partial charge is 0.346 e. The quantitative estimate of drug-likeness (QED) is 0.769. The molecule has 0 heterocycles. The lowest BCUT2D eigenvalue weighted by Gasteiger charge is -2.17. The van der Waals surface area contributed by atoms with Crippen LogP contribution in [0.4, 0.5) is 0 Å². The third-order valence-corrected chi connectivity index (χ3v) is 3.29. The Morgan fingerprint density at radius 1 is 1.40 bits per heavy atom. The Hall–Kier alpha value is -1.27. The zero-order chi connectivity index (χ0) is 15.1. The van der Waals surface area contributed by atoms with Crippen LogP contribution in [0.1, 0.15) is 19.4 Å². The Kier molecular flexibility index (Phi) is 6.81. The van der Waals surface area contributed by atoms with Gasteiger partial charge in [-0.05, 0) is 47.1 Å². The number of hydrogen-bond donors (Lipinski definition) is 1. The highest BCUT2D eigenvalue weighted by atomic mass is 79.9. The zero-order valence-electron chi connectivity index (χ0n) is 12.2. The van der Waals surface area contributed by atoms with Crippen molar-refractivity contribution in [1.29, 1.82) is 0 Å². The van der Waals surface area contributed by atoms with Gasteiger partial charge in [0.2, 0.25) is 0 Å². The summed E-state index contributed by atoms with van der Waals surface area (Å²) in [6, 6.07) is 3.82. The van der Waals surface area contributed by atoms with Crippen molar-refractivity contribution in [3.8, 4) is 11.5 Å². The van der Waals surface area contributed by atoms with Crippen molar-refractivity contribution >= 4 is 21.9 Å². The van der Waals surface area contributed by atoms with Gasteiger partial charge in [0.15, 0.2) is 17.6 Å². The standard InChI is InChI=1S/C14H20BrNO4/c1-5-16-8-10-6-11(15)13(12(7-10)18-3)20-9(2)14(17)19-4/h6-7,9,16H,5,8H2,1-4H3. The largest absolute Gasteiger partial charge is 0.493 e. The summed E-state index contributed by atoms with van der Waals surface area (Å²) in [7, 11) is 2.89. The number of esters is 1. The molecule has 0 fully saturated rings. The summed E-state index contributed by atoms with van der Waals surface area (Å²) < 4.78 is 16.3.